The second-order valence-electron chi connectivity index (χ2n) is 7.57. The molecule has 2 fully saturated rings. The van der Waals surface area contributed by atoms with Crippen molar-refractivity contribution in [2.45, 2.75) is 50.2 Å². The van der Waals surface area contributed by atoms with Gasteiger partial charge in [-0.3, -0.25) is 4.99 Å². The lowest BCUT2D eigenvalue weighted by Crippen LogP contribution is -2.39. The molecule has 4 N–H and O–H groups in total. The molecule has 0 aromatic heterocycles. The molecule has 130 valence electrons. The Morgan fingerprint density at radius 1 is 1.33 bits per heavy atom. The Hall–Kier alpha value is -1.75. The molecular weight excluding hydrogens is 302 g/mol. The number of hydrogen-bond acceptors (Lipinski definition) is 3. The first-order valence-electron chi connectivity index (χ1n) is 9.14. The molecule has 4 atom stereocenters. The molecule has 2 aliphatic carbocycles. The van der Waals surface area contributed by atoms with Crippen LogP contribution in [0, 0.1) is 11.8 Å². The Bertz CT molecular complexity index is 633. The third-order valence-electron chi connectivity index (χ3n) is 6.05. The van der Waals surface area contributed by atoms with Crippen LogP contribution >= 0.6 is 0 Å². The highest BCUT2D eigenvalue weighted by molar-refractivity contribution is 5.78. The van der Waals surface area contributed by atoms with Crippen molar-refractivity contribution in [3.63, 3.8) is 0 Å². The van der Waals surface area contributed by atoms with Gasteiger partial charge in [0.1, 0.15) is 5.75 Å². The van der Waals surface area contributed by atoms with Crippen molar-refractivity contribution in [2.75, 3.05) is 13.2 Å². The monoisotopic (exact) mass is 329 g/mol. The van der Waals surface area contributed by atoms with Crippen molar-refractivity contribution < 1.29 is 9.84 Å². The zero-order valence-electron chi connectivity index (χ0n) is 14.1. The van der Waals surface area contributed by atoms with E-state index in [1.54, 1.807) is 0 Å². The molecule has 1 aliphatic heterocycles. The molecule has 0 radical (unpaired) electrons. The maximum absolute atomic E-state index is 10.8. The number of ether oxygens (including phenoxy) is 1. The van der Waals surface area contributed by atoms with Gasteiger partial charge in [-0.25, -0.2) is 0 Å². The topological polar surface area (TPSA) is 79.9 Å². The number of guanidine groups is 1. The molecule has 2 saturated carbocycles. The van der Waals surface area contributed by atoms with Crippen molar-refractivity contribution in [2.24, 2.45) is 22.6 Å². The molecule has 4 rings (SSSR count). The summed E-state index contributed by atoms with van der Waals surface area (Å²) in [5, 5.41) is 14.1. The van der Waals surface area contributed by atoms with Gasteiger partial charge in [-0.1, -0.05) is 18.2 Å². The predicted octanol–water partition coefficient (Wildman–Crippen LogP) is 2.36. The number of nitrogens with two attached hydrogens (primary N) is 1. The first kappa shape index (κ1) is 15.8. The molecule has 0 saturated heterocycles. The number of hydrogen-bond donors (Lipinski definition) is 3. The van der Waals surface area contributed by atoms with Crippen molar-refractivity contribution in [1.82, 2.24) is 5.32 Å². The second-order valence-corrected chi connectivity index (χ2v) is 7.57. The van der Waals surface area contributed by atoms with Crippen LogP contribution in [-0.2, 0) is 0 Å². The summed E-state index contributed by atoms with van der Waals surface area (Å²) in [7, 11) is 0. The van der Waals surface area contributed by atoms with Crippen LogP contribution < -0.4 is 15.8 Å². The van der Waals surface area contributed by atoms with Crippen LogP contribution in [0.1, 0.15) is 50.1 Å². The molecule has 0 amide bonds. The maximum atomic E-state index is 10.8. The number of rotatable bonds is 4. The van der Waals surface area contributed by atoms with Crippen LogP contribution in [0.15, 0.2) is 29.3 Å². The molecule has 1 aromatic carbocycles. The largest absolute Gasteiger partial charge is 0.493 e. The third kappa shape index (κ3) is 2.97. The van der Waals surface area contributed by atoms with Crippen molar-refractivity contribution in [3.05, 3.63) is 29.8 Å². The lowest BCUT2D eigenvalue weighted by molar-refractivity contribution is -0.0181. The van der Waals surface area contributed by atoms with Crippen molar-refractivity contribution in [1.29, 1.82) is 0 Å². The first-order chi connectivity index (χ1) is 11.6. The summed E-state index contributed by atoms with van der Waals surface area (Å²) in [6, 6.07) is 8.19. The molecule has 5 heteroatoms. The molecule has 4 unspecified atom stereocenters. The number of aliphatic hydroxyl groups is 1. The quantitative estimate of drug-likeness (QED) is 0.585. The zero-order valence-corrected chi connectivity index (χ0v) is 14.1. The maximum Gasteiger partial charge on any atom is 0.189 e. The van der Waals surface area contributed by atoms with Gasteiger partial charge in [0, 0.05) is 18.5 Å². The Morgan fingerprint density at radius 2 is 2.21 bits per heavy atom. The molecule has 0 spiro atoms. The highest BCUT2D eigenvalue weighted by Crippen LogP contribution is 2.52. The second kappa shape index (κ2) is 6.28. The Morgan fingerprint density at radius 3 is 3.00 bits per heavy atom. The van der Waals surface area contributed by atoms with Gasteiger partial charge in [0.25, 0.3) is 0 Å². The highest BCUT2D eigenvalue weighted by Gasteiger charge is 2.49. The normalized spacial score (nSPS) is 34.7. The van der Waals surface area contributed by atoms with Gasteiger partial charge in [0.2, 0.25) is 0 Å². The summed E-state index contributed by atoms with van der Waals surface area (Å²) >= 11 is 0. The zero-order chi connectivity index (χ0) is 16.6. The minimum Gasteiger partial charge on any atom is -0.493 e. The fourth-order valence-electron chi connectivity index (χ4n) is 4.81. The molecule has 24 heavy (non-hydrogen) atoms. The standard InChI is InChI=1S/C19H27N3O2/c20-18(21-9-8-19(23)12-13-5-6-14(19)11-13)22-16-7-10-24-17-4-2-1-3-15(16)17/h1-4,13-14,16,23H,5-12H2,(H3,20,21,22). The van der Waals surface area contributed by atoms with E-state index in [-0.39, 0.29) is 6.04 Å². The van der Waals surface area contributed by atoms with Crippen molar-refractivity contribution in [3.8, 4) is 5.75 Å². The highest BCUT2D eigenvalue weighted by atomic mass is 16.5. The van der Waals surface area contributed by atoms with Gasteiger partial charge in [-0.2, -0.15) is 0 Å². The number of nitrogens with zero attached hydrogens (tertiary/aromatic N) is 1. The van der Waals surface area contributed by atoms with E-state index in [9.17, 15) is 5.11 Å². The van der Waals surface area contributed by atoms with Crippen LogP contribution in [-0.4, -0.2) is 29.8 Å². The summed E-state index contributed by atoms with van der Waals surface area (Å²) in [6.45, 7) is 1.27. The van der Waals surface area contributed by atoms with E-state index in [1.807, 2.05) is 18.2 Å². The van der Waals surface area contributed by atoms with Crippen LogP contribution in [0.5, 0.6) is 5.75 Å². The SMILES string of the molecule is NC(=NCCC1(O)CC2CCC1C2)NC1CCOc2ccccc21. The minimum absolute atomic E-state index is 0.143. The van der Waals surface area contributed by atoms with E-state index in [0.29, 0.717) is 25.0 Å². The number of para-hydroxylation sites is 1. The van der Waals surface area contributed by atoms with Crippen molar-refractivity contribution >= 4 is 5.96 Å². The fourth-order valence-corrected chi connectivity index (χ4v) is 4.81. The number of nitrogens with one attached hydrogen (secondary N) is 1. The van der Waals surface area contributed by atoms with Crippen LogP contribution in [0.4, 0.5) is 0 Å². The first-order valence-corrected chi connectivity index (χ1v) is 9.14. The molecule has 1 heterocycles. The molecule has 3 aliphatic rings. The van der Waals surface area contributed by atoms with E-state index >= 15 is 0 Å². The lowest BCUT2D eigenvalue weighted by atomic mass is 9.82. The van der Waals surface area contributed by atoms with E-state index in [4.69, 9.17) is 10.5 Å². The van der Waals surface area contributed by atoms with Gasteiger partial charge in [-0.15, -0.1) is 0 Å². The van der Waals surface area contributed by atoms with E-state index in [2.05, 4.69) is 16.4 Å². The Balaban J connectivity index is 1.33. The Kier molecular flexibility index (Phi) is 4.12. The van der Waals surface area contributed by atoms with Gasteiger partial charge in [0.15, 0.2) is 5.96 Å². The summed E-state index contributed by atoms with van der Waals surface area (Å²) in [4.78, 5) is 4.47. The summed E-state index contributed by atoms with van der Waals surface area (Å²) in [6.07, 6.45) is 6.23. The molecule has 1 aromatic rings. The fraction of sp³-hybridized carbons (Fsp3) is 0.632. The molecule has 5 nitrogen and oxygen atoms in total. The summed E-state index contributed by atoms with van der Waals surface area (Å²) < 4.78 is 5.67. The average molecular weight is 329 g/mol. The molecular formula is C19H27N3O2. The van der Waals surface area contributed by atoms with Crippen LogP contribution in [0.25, 0.3) is 0 Å². The van der Waals surface area contributed by atoms with E-state index < -0.39 is 5.60 Å². The summed E-state index contributed by atoms with van der Waals surface area (Å²) in [5.41, 5.74) is 6.71. The average Bonchev–Trinajstić information content (AvgIpc) is 3.16. The lowest BCUT2D eigenvalue weighted by Gasteiger charge is -2.32. The van der Waals surface area contributed by atoms with Gasteiger partial charge >= 0.3 is 0 Å². The van der Waals surface area contributed by atoms with Gasteiger partial charge in [-0.05, 0) is 50.0 Å². The van der Waals surface area contributed by atoms with E-state index in [0.717, 1.165) is 36.5 Å². The predicted molar refractivity (Wildman–Crippen MR) is 93.9 cm³/mol. The van der Waals surface area contributed by atoms with Crippen LogP contribution in [0.2, 0.25) is 0 Å². The van der Waals surface area contributed by atoms with Gasteiger partial charge < -0.3 is 20.9 Å². The molecule has 2 bridgehead atoms. The Labute approximate surface area is 143 Å². The third-order valence-corrected chi connectivity index (χ3v) is 6.05. The number of fused-ring (bicyclic) bond motifs is 3. The minimum atomic E-state index is -0.502. The number of aliphatic imine (C=N–C) groups is 1. The smallest absolute Gasteiger partial charge is 0.189 e. The number of benzene rings is 1. The van der Waals surface area contributed by atoms with Crippen LogP contribution in [0.3, 0.4) is 0 Å². The van der Waals surface area contributed by atoms with Gasteiger partial charge in [0.05, 0.1) is 18.2 Å². The summed E-state index contributed by atoms with van der Waals surface area (Å²) in [5.74, 6) is 2.60. The van der Waals surface area contributed by atoms with E-state index in [1.165, 1.54) is 19.3 Å².